The van der Waals surface area contributed by atoms with Crippen molar-refractivity contribution < 1.29 is 4.74 Å². The molecule has 7 nitrogen and oxygen atoms in total. The number of aliphatic imine (C=N–C) groups is 1. The molecule has 0 aromatic carbocycles. The van der Waals surface area contributed by atoms with Gasteiger partial charge in [0.25, 0.3) is 0 Å². The first-order valence-electron chi connectivity index (χ1n) is 10.3. The first-order chi connectivity index (χ1) is 13.7. The van der Waals surface area contributed by atoms with Crippen LogP contribution in [-0.2, 0) is 6.54 Å². The Kier molecular flexibility index (Phi) is 9.69. The number of aromatic nitrogens is 3. The molecule has 29 heavy (non-hydrogen) atoms. The Bertz CT molecular complexity index is 734. The second kappa shape index (κ2) is 12.0. The molecule has 2 unspecified atom stereocenters. The second-order valence-electron chi connectivity index (χ2n) is 7.31. The summed E-state index contributed by atoms with van der Waals surface area (Å²) in [5.41, 5.74) is 1.08. The first kappa shape index (κ1) is 23.4. The van der Waals surface area contributed by atoms with Gasteiger partial charge in [-0.15, -0.1) is 24.0 Å². The molecule has 0 amide bonds. The first-order valence-corrected chi connectivity index (χ1v) is 10.3. The Balaban J connectivity index is 0.00000300. The third-order valence-electron chi connectivity index (χ3n) is 5.12. The van der Waals surface area contributed by atoms with Crippen molar-refractivity contribution >= 4 is 29.9 Å². The van der Waals surface area contributed by atoms with E-state index < -0.39 is 0 Å². The predicted octanol–water partition coefficient (Wildman–Crippen LogP) is 3.73. The van der Waals surface area contributed by atoms with Crippen molar-refractivity contribution in [3.8, 4) is 5.88 Å². The molecule has 0 aliphatic carbocycles. The van der Waals surface area contributed by atoms with E-state index in [0.29, 0.717) is 31.0 Å². The fraction of sp³-hybridized carbons (Fsp3) is 0.571. The van der Waals surface area contributed by atoms with E-state index in [0.717, 1.165) is 44.0 Å². The fourth-order valence-electron chi connectivity index (χ4n) is 3.48. The number of halogens is 1. The summed E-state index contributed by atoms with van der Waals surface area (Å²) in [5.74, 6) is 2.26. The number of piperidine rings is 1. The number of nitrogens with zero attached hydrogens (tertiary/aromatic N) is 5. The molecule has 3 rings (SSSR count). The number of nitrogens with one attached hydrogen (secondary N) is 1. The van der Waals surface area contributed by atoms with E-state index in [-0.39, 0.29) is 24.0 Å². The van der Waals surface area contributed by atoms with Crippen LogP contribution in [0.5, 0.6) is 5.88 Å². The van der Waals surface area contributed by atoms with Crippen LogP contribution in [0.1, 0.15) is 45.2 Å². The van der Waals surface area contributed by atoms with Gasteiger partial charge in [0.15, 0.2) is 5.96 Å². The molecule has 2 aromatic rings. The second-order valence-corrected chi connectivity index (χ2v) is 7.31. The van der Waals surface area contributed by atoms with Gasteiger partial charge in [0.1, 0.15) is 0 Å². The molecule has 160 valence electrons. The van der Waals surface area contributed by atoms with Crippen LogP contribution in [-0.4, -0.2) is 51.6 Å². The van der Waals surface area contributed by atoms with Crippen LogP contribution < -0.4 is 10.1 Å². The van der Waals surface area contributed by atoms with Crippen molar-refractivity contribution in [2.75, 3.05) is 26.2 Å². The van der Waals surface area contributed by atoms with Crippen LogP contribution in [0.4, 0.5) is 0 Å². The number of pyridine rings is 1. The molecule has 2 aromatic heterocycles. The maximum Gasteiger partial charge on any atom is 0.213 e. The normalized spacial score (nSPS) is 19.6. The monoisotopic (exact) mass is 512 g/mol. The maximum atomic E-state index is 5.55. The number of guanidine groups is 1. The average Bonchev–Trinajstić information content (AvgIpc) is 3.25. The minimum atomic E-state index is 0. The topological polar surface area (TPSA) is 67.6 Å². The summed E-state index contributed by atoms with van der Waals surface area (Å²) in [6, 6.07) is 4.37. The van der Waals surface area contributed by atoms with E-state index >= 15 is 0 Å². The zero-order chi connectivity index (χ0) is 19.8. The van der Waals surface area contributed by atoms with Crippen molar-refractivity contribution in [3.63, 3.8) is 0 Å². The zero-order valence-electron chi connectivity index (χ0n) is 17.6. The van der Waals surface area contributed by atoms with Crippen LogP contribution in [0.15, 0.2) is 42.0 Å². The van der Waals surface area contributed by atoms with E-state index in [9.17, 15) is 0 Å². The highest BCUT2D eigenvalue weighted by Gasteiger charge is 2.28. The molecular weight excluding hydrogens is 479 g/mol. The summed E-state index contributed by atoms with van der Waals surface area (Å²) >= 11 is 0. The van der Waals surface area contributed by atoms with Gasteiger partial charge in [-0.05, 0) is 31.2 Å². The van der Waals surface area contributed by atoms with E-state index in [1.54, 1.807) is 0 Å². The Morgan fingerprint density at radius 2 is 2.21 bits per heavy atom. The van der Waals surface area contributed by atoms with E-state index in [2.05, 4.69) is 51.7 Å². The molecule has 0 spiro atoms. The number of hydrogen-bond acceptors (Lipinski definition) is 4. The third kappa shape index (κ3) is 6.58. The van der Waals surface area contributed by atoms with Crippen LogP contribution in [0.25, 0.3) is 0 Å². The van der Waals surface area contributed by atoms with Crippen molar-refractivity contribution in [3.05, 3.63) is 42.6 Å². The lowest BCUT2D eigenvalue weighted by atomic mass is 9.93. The van der Waals surface area contributed by atoms with Crippen molar-refractivity contribution in [1.82, 2.24) is 24.8 Å². The number of imidazole rings is 1. The van der Waals surface area contributed by atoms with Gasteiger partial charge in [0.2, 0.25) is 5.88 Å². The van der Waals surface area contributed by atoms with Crippen molar-refractivity contribution in [1.29, 1.82) is 0 Å². The molecule has 2 atom stereocenters. The lowest BCUT2D eigenvalue weighted by Crippen LogP contribution is -2.49. The summed E-state index contributed by atoms with van der Waals surface area (Å²) in [7, 11) is 0. The summed E-state index contributed by atoms with van der Waals surface area (Å²) in [4.78, 5) is 15.8. The van der Waals surface area contributed by atoms with Crippen LogP contribution in [0, 0.1) is 5.92 Å². The maximum absolute atomic E-state index is 5.55. The summed E-state index contributed by atoms with van der Waals surface area (Å²) in [5, 5.41) is 3.45. The number of likely N-dealkylation sites (tertiary alicyclic amines) is 1. The van der Waals surface area contributed by atoms with Gasteiger partial charge >= 0.3 is 0 Å². The lowest BCUT2D eigenvalue weighted by Gasteiger charge is -2.39. The predicted molar refractivity (Wildman–Crippen MR) is 127 cm³/mol. The van der Waals surface area contributed by atoms with E-state index in [1.807, 2.05) is 30.9 Å². The largest absolute Gasteiger partial charge is 0.478 e. The SMILES string of the molecule is CCCOc1ccc(CN=C(NCC)N2CCC(C)C(n3ccnc3)C2)cn1.I. The minimum Gasteiger partial charge on any atom is -0.478 e. The third-order valence-corrected chi connectivity index (χ3v) is 5.12. The Hall–Kier alpha value is -1.84. The number of hydrogen-bond donors (Lipinski definition) is 1. The highest BCUT2D eigenvalue weighted by Crippen LogP contribution is 2.27. The smallest absolute Gasteiger partial charge is 0.213 e. The van der Waals surface area contributed by atoms with Gasteiger partial charge in [-0.25, -0.2) is 15.0 Å². The van der Waals surface area contributed by atoms with Crippen molar-refractivity contribution in [2.45, 2.75) is 46.2 Å². The molecule has 1 aliphatic rings. The molecule has 1 saturated heterocycles. The Morgan fingerprint density at radius 1 is 1.34 bits per heavy atom. The fourth-order valence-corrected chi connectivity index (χ4v) is 3.48. The molecule has 0 saturated carbocycles. The summed E-state index contributed by atoms with van der Waals surface area (Å²) in [6.07, 6.45) is 9.80. The van der Waals surface area contributed by atoms with Crippen LogP contribution in [0.3, 0.4) is 0 Å². The van der Waals surface area contributed by atoms with Crippen molar-refractivity contribution in [2.24, 2.45) is 10.9 Å². The van der Waals surface area contributed by atoms with Gasteiger partial charge in [0.05, 0.1) is 25.5 Å². The molecule has 8 heteroatoms. The highest BCUT2D eigenvalue weighted by atomic mass is 127. The molecule has 0 bridgehead atoms. The van der Waals surface area contributed by atoms with E-state index in [1.165, 1.54) is 0 Å². The molecular formula is C21H33IN6O. The van der Waals surface area contributed by atoms with Gasteiger partial charge in [-0.1, -0.05) is 19.9 Å². The van der Waals surface area contributed by atoms with Gasteiger partial charge in [0, 0.05) is 44.3 Å². The van der Waals surface area contributed by atoms with Gasteiger partial charge in [-0.3, -0.25) is 0 Å². The van der Waals surface area contributed by atoms with Gasteiger partial charge < -0.3 is 19.5 Å². The van der Waals surface area contributed by atoms with Crippen LogP contribution in [0.2, 0.25) is 0 Å². The standard InChI is InChI=1S/C21H32N6O.HI/c1-4-12-28-20-7-6-18(13-24-20)14-25-21(23-5-2)26-10-8-17(3)19(15-26)27-11-9-22-16-27;/h6-7,9,11,13,16-17,19H,4-5,8,10,12,14-15H2,1-3H3,(H,23,25);1H. The van der Waals surface area contributed by atoms with Gasteiger partial charge in [-0.2, -0.15) is 0 Å². The number of rotatable bonds is 7. The zero-order valence-corrected chi connectivity index (χ0v) is 20.0. The minimum absolute atomic E-state index is 0. The lowest BCUT2D eigenvalue weighted by molar-refractivity contribution is 0.189. The van der Waals surface area contributed by atoms with Crippen LogP contribution >= 0.6 is 24.0 Å². The molecule has 0 radical (unpaired) electrons. The molecule has 3 heterocycles. The molecule has 1 fully saturated rings. The average molecular weight is 512 g/mol. The molecule has 1 aliphatic heterocycles. The van der Waals surface area contributed by atoms with E-state index in [4.69, 9.17) is 9.73 Å². The summed E-state index contributed by atoms with van der Waals surface area (Å²) in [6.45, 7) is 10.6. The Labute approximate surface area is 191 Å². The molecule has 1 N–H and O–H groups in total. The summed E-state index contributed by atoms with van der Waals surface area (Å²) < 4.78 is 7.77. The highest BCUT2D eigenvalue weighted by molar-refractivity contribution is 14.0. The number of ether oxygens (including phenoxy) is 1. The Morgan fingerprint density at radius 3 is 2.86 bits per heavy atom. The quantitative estimate of drug-likeness (QED) is 0.348.